The van der Waals surface area contributed by atoms with Crippen LogP contribution in [0.15, 0.2) is 24.3 Å². The van der Waals surface area contributed by atoms with Gasteiger partial charge in [-0.1, -0.05) is 6.92 Å². The van der Waals surface area contributed by atoms with Gasteiger partial charge in [-0.05, 0) is 69.6 Å². The van der Waals surface area contributed by atoms with E-state index in [9.17, 15) is 0 Å². The van der Waals surface area contributed by atoms with E-state index in [1.54, 1.807) is 7.11 Å². The van der Waals surface area contributed by atoms with Gasteiger partial charge in [-0.3, -0.25) is 0 Å². The van der Waals surface area contributed by atoms with E-state index in [2.05, 4.69) is 26.1 Å². The zero-order chi connectivity index (χ0) is 15.2. The van der Waals surface area contributed by atoms with Crippen molar-refractivity contribution in [1.82, 2.24) is 15.1 Å². The molecular weight excluding hydrogens is 262 g/mol. The molecule has 0 atom stereocenters. The molecule has 21 heavy (non-hydrogen) atoms. The summed E-state index contributed by atoms with van der Waals surface area (Å²) in [5.74, 6) is 0.867. The number of benzene rings is 1. The Hall–Kier alpha value is -1.81. The number of hydrogen-bond acceptors (Lipinski definition) is 3. The van der Waals surface area contributed by atoms with E-state index in [1.165, 1.54) is 11.3 Å². The Labute approximate surface area is 127 Å². The molecule has 2 rings (SSSR count). The van der Waals surface area contributed by atoms with Crippen LogP contribution in [0.1, 0.15) is 30.3 Å². The van der Waals surface area contributed by atoms with Gasteiger partial charge >= 0.3 is 0 Å². The minimum Gasteiger partial charge on any atom is -0.497 e. The fourth-order valence-electron chi connectivity index (χ4n) is 2.58. The van der Waals surface area contributed by atoms with Gasteiger partial charge in [-0.15, -0.1) is 0 Å². The van der Waals surface area contributed by atoms with E-state index in [1.807, 2.05) is 28.9 Å². The van der Waals surface area contributed by atoms with Crippen LogP contribution in [0.4, 0.5) is 0 Å². The second-order valence-electron chi connectivity index (χ2n) is 5.22. The minimum absolute atomic E-state index is 0.867. The van der Waals surface area contributed by atoms with Crippen molar-refractivity contribution in [2.45, 2.75) is 33.6 Å². The lowest BCUT2D eigenvalue weighted by atomic mass is 10.1. The van der Waals surface area contributed by atoms with Crippen molar-refractivity contribution in [2.75, 3.05) is 20.2 Å². The van der Waals surface area contributed by atoms with E-state index < -0.39 is 0 Å². The van der Waals surface area contributed by atoms with E-state index >= 15 is 0 Å². The molecule has 0 saturated carbocycles. The lowest BCUT2D eigenvalue weighted by molar-refractivity contribution is 0.414. The zero-order valence-electron chi connectivity index (χ0n) is 13.4. The molecule has 0 spiro atoms. The molecular formula is C17H25N3O. The van der Waals surface area contributed by atoms with Gasteiger partial charge in [0.05, 0.1) is 18.5 Å². The molecule has 4 nitrogen and oxygen atoms in total. The maximum atomic E-state index is 5.20. The van der Waals surface area contributed by atoms with Gasteiger partial charge in [0.1, 0.15) is 5.75 Å². The SMILES string of the molecule is CCNCCCc1c(C)nn(-c2ccc(OC)cc2)c1C. The Balaban J connectivity index is 2.17. The number of aromatic nitrogens is 2. The summed E-state index contributed by atoms with van der Waals surface area (Å²) in [6.45, 7) is 8.47. The van der Waals surface area contributed by atoms with Crippen molar-refractivity contribution >= 4 is 0 Å². The topological polar surface area (TPSA) is 39.1 Å². The average Bonchev–Trinajstić information content (AvgIpc) is 2.79. The summed E-state index contributed by atoms with van der Waals surface area (Å²) in [7, 11) is 1.68. The number of methoxy groups -OCH3 is 1. The van der Waals surface area contributed by atoms with Gasteiger partial charge < -0.3 is 10.1 Å². The predicted molar refractivity (Wildman–Crippen MR) is 86.5 cm³/mol. The normalized spacial score (nSPS) is 10.9. The van der Waals surface area contributed by atoms with Crippen LogP contribution in [0.3, 0.4) is 0 Å². The zero-order valence-corrected chi connectivity index (χ0v) is 13.4. The molecule has 0 radical (unpaired) electrons. The van der Waals surface area contributed by atoms with E-state index in [0.717, 1.165) is 43.1 Å². The van der Waals surface area contributed by atoms with Crippen molar-refractivity contribution < 1.29 is 4.74 Å². The standard InChI is InChI=1S/C17H25N3O/c1-5-18-12-6-7-17-13(2)19-20(14(17)3)15-8-10-16(21-4)11-9-15/h8-11,18H,5-7,12H2,1-4H3. The highest BCUT2D eigenvalue weighted by molar-refractivity contribution is 5.40. The van der Waals surface area contributed by atoms with Crippen LogP contribution in [0.25, 0.3) is 5.69 Å². The first kappa shape index (κ1) is 15.6. The highest BCUT2D eigenvalue weighted by Crippen LogP contribution is 2.21. The molecule has 2 aromatic rings. The molecule has 0 bridgehead atoms. The first-order valence-electron chi connectivity index (χ1n) is 7.57. The molecule has 0 amide bonds. The minimum atomic E-state index is 0.867. The molecule has 0 aliphatic rings. The van der Waals surface area contributed by atoms with Crippen molar-refractivity contribution in [3.05, 3.63) is 41.2 Å². The van der Waals surface area contributed by atoms with Crippen molar-refractivity contribution in [1.29, 1.82) is 0 Å². The lowest BCUT2D eigenvalue weighted by Crippen LogP contribution is -2.14. The monoisotopic (exact) mass is 287 g/mol. The van der Waals surface area contributed by atoms with Crippen molar-refractivity contribution in [2.24, 2.45) is 0 Å². The van der Waals surface area contributed by atoms with Gasteiger partial charge in [0.15, 0.2) is 0 Å². The summed E-state index contributed by atoms with van der Waals surface area (Å²) in [6.07, 6.45) is 2.21. The highest BCUT2D eigenvalue weighted by atomic mass is 16.5. The molecule has 0 aliphatic carbocycles. The van der Waals surface area contributed by atoms with Gasteiger partial charge in [-0.25, -0.2) is 4.68 Å². The third-order valence-electron chi connectivity index (χ3n) is 3.79. The lowest BCUT2D eigenvalue weighted by Gasteiger charge is -2.07. The van der Waals surface area contributed by atoms with Crippen LogP contribution in [-0.2, 0) is 6.42 Å². The molecule has 1 aromatic heterocycles. The van der Waals surface area contributed by atoms with Crippen LogP contribution in [-0.4, -0.2) is 30.0 Å². The molecule has 0 saturated heterocycles. The number of hydrogen-bond donors (Lipinski definition) is 1. The van der Waals surface area contributed by atoms with Crippen LogP contribution < -0.4 is 10.1 Å². The first-order chi connectivity index (χ1) is 10.2. The van der Waals surface area contributed by atoms with Crippen LogP contribution in [0, 0.1) is 13.8 Å². The Morgan fingerprint density at radius 1 is 1.19 bits per heavy atom. The number of nitrogens with zero attached hydrogens (tertiary/aromatic N) is 2. The Kier molecular flexibility index (Phi) is 5.39. The van der Waals surface area contributed by atoms with Gasteiger partial charge in [0, 0.05) is 5.69 Å². The summed E-state index contributed by atoms with van der Waals surface area (Å²) in [5.41, 5.74) is 4.80. The van der Waals surface area contributed by atoms with E-state index in [-0.39, 0.29) is 0 Å². The third kappa shape index (κ3) is 3.64. The Bertz CT molecular complexity index is 572. The van der Waals surface area contributed by atoms with Gasteiger partial charge in [-0.2, -0.15) is 5.10 Å². The maximum Gasteiger partial charge on any atom is 0.119 e. The van der Waals surface area contributed by atoms with Gasteiger partial charge in [0.25, 0.3) is 0 Å². The molecule has 1 aromatic carbocycles. The maximum absolute atomic E-state index is 5.20. The van der Waals surface area contributed by atoms with E-state index in [0.29, 0.717) is 0 Å². The van der Waals surface area contributed by atoms with Crippen molar-refractivity contribution in [3.63, 3.8) is 0 Å². The van der Waals surface area contributed by atoms with Crippen LogP contribution in [0.2, 0.25) is 0 Å². The molecule has 0 unspecified atom stereocenters. The second kappa shape index (κ2) is 7.27. The molecule has 114 valence electrons. The number of nitrogens with one attached hydrogen (secondary N) is 1. The molecule has 1 heterocycles. The smallest absolute Gasteiger partial charge is 0.119 e. The number of ether oxygens (including phenoxy) is 1. The third-order valence-corrected chi connectivity index (χ3v) is 3.79. The van der Waals surface area contributed by atoms with Crippen LogP contribution in [0.5, 0.6) is 5.75 Å². The molecule has 4 heteroatoms. The fraction of sp³-hybridized carbons (Fsp3) is 0.471. The van der Waals surface area contributed by atoms with Crippen molar-refractivity contribution in [3.8, 4) is 11.4 Å². The van der Waals surface area contributed by atoms with Crippen LogP contribution >= 0.6 is 0 Å². The quantitative estimate of drug-likeness (QED) is 0.796. The fourth-order valence-corrected chi connectivity index (χ4v) is 2.58. The number of rotatable bonds is 7. The largest absolute Gasteiger partial charge is 0.497 e. The van der Waals surface area contributed by atoms with E-state index in [4.69, 9.17) is 9.84 Å². The predicted octanol–water partition coefficient (Wildman–Crippen LogP) is 3.04. The van der Waals surface area contributed by atoms with Gasteiger partial charge in [0.2, 0.25) is 0 Å². The summed E-state index contributed by atoms with van der Waals surface area (Å²) >= 11 is 0. The Morgan fingerprint density at radius 2 is 1.90 bits per heavy atom. The molecule has 0 aliphatic heterocycles. The summed E-state index contributed by atoms with van der Waals surface area (Å²) in [4.78, 5) is 0. The summed E-state index contributed by atoms with van der Waals surface area (Å²) < 4.78 is 7.23. The number of aryl methyl sites for hydroxylation is 1. The summed E-state index contributed by atoms with van der Waals surface area (Å²) in [5, 5.41) is 8.06. The molecule has 1 N–H and O–H groups in total. The average molecular weight is 287 g/mol. The highest BCUT2D eigenvalue weighted by Gasteiger charge is 2.12. The first-order valence-corrected chi connectivity index (χ1v) is 7.57. The molecule has 0 fully saturated rings. The second-order valence-corrected chi connectivity index (χ2v) is 5.22. The Morgan fingerprint density at radius 3 is 2.52 bits per heavy atom. The summed E-state index contributed by atoms with van der Waals surface area (Å²) in [6, 6.07) is 8.02.